The smallest absolute Gasteiger partial charge is 0.416 e. The Labute approximate surface area is 227 Å². The fraction of sp³-hybridized carbons (Fsp3) is 0.321. The van der Waals surface area contributed by atoms with Crippen molar-refractivity contribution in [2.75, 3.05) is 19.0 Å². The second kappa shape index (κ2) is 13.0. The Bertz CT molecular complexity index is 1350. The number of aromatic nitrogens is 1. The average Bonchev–Trinajstić information content (AvgIpc) is 3.29. The van der Waals surface area contributed by atoms with Crippen molar-refractivity contribution in [3.8, 4) is 11.3 Å². The van der Waals surface area contributed by atoms with E-state index in [9.17, 15) is 27.5 Å². The van der Waals surface area contributed by atoms with E-state index in [1.54, 1.807) is 7.11 Å². The molecule has 1 heterocycles. The zero-order chi connectivity index (χ0) is 28.7. The summed E-state index contributed by atoms with van der Waals surface area (Å²) in [6.07, 6.45) is -2.26. The number of rotatable bonds is 12. The van der Waals surface area contributed by atoms with Crippen LogP contribution in [0.3, 0.4) is 0 Å². The number of carboxylic acids is 1. The first-order valence-electron chi connectivity index (χ1n) is 12.2. The van der Waals surface area contributed by atoms with E-state index in [-0.39, 0.29) is 33.6 Å². The Hall–Kier alpha value is -3.57. The molecule has 1 atom stereocenters. The van der Waals surface area contributed by atoms with E-state index in [0.717, 1.165) is 35.9 Å². The highest BCUT2D eigenvalue weighted by Crippen LogP contribution is 2.41. The molecule has 1 aromatic heterocycles. The molecule has 39 heavy (non-hydrogen) atoms. The summed E-state index contributed by atoms with van der Waals surface area (Å²) in [6, 6.07) is 9.94. The van der Waals surface area contributed by atoms with E-state index in [2.05, 4.69) is 10.3 Å². The summed E-state index contributed by atoms with van der Waals surface area (Å²) >= 11 is 1.19. The van der Waals surface area contributed by atoms with Crippen LogP contribution >= 0.6 is 11.3 Å². The fourth-order valence-electron chi connectivity index (χ4n) is 4.22. The Morgan fingerprint density at radius 1 is 1.18 bits per heavy atom. The highest BCUT2D eigenvalue weighted by atomic mass is 32.1. The topological polar surface area (TPSA) is 95.3 Å². The van der Waals surface area contributed by atoms with Crippen LogP contribution in [-0.4, -0.2) is 35.5 Å². The third kappa shape index (κ3) is 7.51. The van der Waals surface area contributed by atoms with Gasteiger partial charge in [-0.25, -0.2) is 14.2 Å². The minimum Gasteiger partial charge on any atom is -0.477 e. The molecule has 0 radical (unpaired) electrons. The number of nitrogens with one attached hydrogen (secondary N) is 2. The molecule has 3 N–H and O–H groups in total. The highest BCUT2D eigenvalue weighted by molar-refractivity contribution is 7.16. The van der Waals surface area contributed by atoms with Gasteiger partial charge >= 0.3 is 12.1 Å². The molecular weight excluding hydrogens is 534 g/mol. The van der Waals surface area contributed by atoms with Gasteiger partial charge in [0.25, 0.3) is 0 Å². The Morgan fingerprint density at radius 2 is 1.87 bits per heavy atom. The molecule has 0 aliphatic carbocycles. The van der Waals surface area contributed by atoms with Gasteiger partial charge in [-0.15, -0.1) is 11.3 Å². The number of allylic oxidation sites excluding steroid dienone is 1. The molecule has 0 aliphatic heterocycles. The molecule has 0 bridgehead atoms. The summed E-state index contributed by atoms with van der Waals surface area (Å²) in [6.45, 7) is 3.86. The predicted molar refractivity (Wildman–Crippen MR) is 145 cm³/mol. The summed E-state index contributed by atoms with van der Waals surface area (Å²) in [5, 5.41) is 21.2. The first-order valence-corrected chi connectivity index (χ1v) is 13.0. The Balaban J connectivity index is 2.16. The number of carbonyl (C=O) groups is 1. The molecule has 0 spiro atoms. The molecule has 0 amide bonds. The van der Waals surface area contributed by atoms with Gasteiger partial charge in [0.1, 0.15) is 11.5 Å². The van der Waals surface area contributed by atoms with Crippen molar-refractivity contribution in [2.24, 2.45) is 0 Å². The number of carboxylic acid groups (broad SMARTS) is 1. The number of alkyl halides is 3. The van der Waals surface area contributed by atoms with Gasteiger partial charge in [0.2, 0.25) is 0 Å². The Morgan fingerprint density at radius 3 is 2.41 bits per heavy atom. The molecule has 208 valence electrons. The van der Waals surface area contributed by atoms with Crippen LogP contribution in [-0.2, 0) is 15.7 Å². The van der Waals surface area contributed by atoms with Gasteiger partial charge in [-0.3, -0.25) is 0 Å². The summed E-state index contributed by atoms with van der Waals surface area (Å²) in [7, 11) is 1.58. The van der Waals surface area contributed by atoms with Gasteiger partial charge in [-0.05, 0) is 55.5 Å². The number of ether oxygens (including phenoxy) is 1. The second-order valence-electron chi connectivity index (χ2n) is 8.89. The normalized spacial score (nSPS) is 13.1. The largest absolute Gasteiger partial charge is 0.477 e. The van der Waals surface area contributed by atoms with Crippen molar-refractivity contribution in [3.63, 3.8) is 0 Å². The maximum atomic E-state index is 13.9. The van der Waals surface area contributed by atoms with Crippen LogP contribution in [0, 0.1) is 11.2 Å². The minimum atomic E-state index is -4.49. The first-order chi connectivity index (χ1) is 18.5. The lowest BCUT2D eigenvalue weighted by molar-refractivity contribution is -0.137. The molecule has 0 saturated carbocycles. The zero-order valence-electron chi connectivity index (χ0n) is 21.7. The van der Waals surface area contributed by atoms with E-state index >= 15 is 0 Å². The predicted octanol–water partition coefficient (Wildman–Crippen LogP) is 7.84. The molecule has 11 heteroatoms. The lowest BCUT2D eigenvalue weighted by Crippen LogP contribution is -2.16. The maximum absolute atomic E-state index is 13.9. The van der Waals surface area contributed by atoms with Gasteiger partial charge in [0.15, 0.2) is 5.13 Å². The number of aliphatic carboxylic acids is 1. The van der Waals surface area contributed by atoms with E-state index in [1.165, 1.54) is 48.6 Å². The summed E-state index contributed by atoms with van der Waals surface area (Å²) in [5.41, 5.74) is -0.172. The van der Waals surface area contributed by atoms with Crippen molar-refractivity contribution < 1.29 is 32.2 Å². The van der Waals surface area contributed by atoms with E-state index in [4.69, 9.17) is 10.1 Å². The van der Waals surface area contributed by atoms with Crippen molar-refractivity contribution in [1.29, 1.82) is 5.41 Å². The van der Waals surface area contributed by atoms with E-state index in [0.29, 0.717) is 24.3 Å². The van der Waals surface area contributed by atoms with Crippen molar-refractivity contribution >= 4 is 33.7 Å². The van der Waals surface area contributed by atoms with E-state index < -0.39 is 23.5 Å². The van der Waals surface area contributed by atoms with Crippen molar-refractivity contribution in [2.45, 2.75) is 45.2 Å². The van der Waals surface area contributed by atoms with Crippen LogP contribution in [0.5, 0.6) is 0 Å². The van der Waals surface area contributed by atoms with Gasteiger partial charge in [0, 0.05) is 35.4 Å². The maximum Gasteiger partial charge on any atom is 0.416 e. The van der Waals surface area contributed by atoms with Gasteiger partial charge in [-0.1, -0.05) is 37.6 Å². The number of anilines is 1. The number of methoxy groups -OCH3 is 1. The molecule has 0 fully saturated rings. The molecular formula is C28H29F4N3O3S. The number of hydrogen-bond acceptors (Lipinski definition) is 6. The van der Waals surface area contributed by atoms with Crippen LogP contribution in [0.4, 0.5) is 22.7 Å². The van der Waals surface area contributed by atoms with Gasteiger partial charge in [-0.2, -0.15) is 13.2 Å². The van der Waals surface area contributed by atoms with Crippen LogP contribution in [0.25, 0.3) is 16.8 Å². The Kier molecular flexibility index (Phi) is 9.98. The summed E-state index contributed by atoms with van der Waals surface area (Å²) in [5.74, 6) is -2.00. The fourth-order valence-corrected chi connectivity index (χ4v) is 5.38. The number of thiazole rings is 1. The number of hydrogen-bond donors (Lipinski definition) is 3. The molecule has 3 rings (SSSR count). The van der Waals surface area contributed by atoms with E-state index in [1.807, 2.05) is 6.92 Å². The van der Waals surface area contributed by atoms with Crippen LogP contribution in [0.1, 0.15) is 55.0 Å². The molecule has 0 saturated heterocycles. The molecule has 1 unspecified atom stereocenters. The second-order valence-corrected chi connectivity index (χ2v) is 9.92. The number of benzene rings is 2. The van der Waals surface area contributed by atoms with Gasteiger partial charge < -0.3 is 20.6 Å². The zero-order valence-corrected chi connectivity index (χ0v) is 22.5. The lowest BCUT2D eigenvalue weighted by atomic mass is 9.95. The molecule has 0 aliphatic rings. The monoisotopic (exact) mass is 563 g/mol. The number of nitrogens with zero attached hydrogens (tertiary/aromatic N) is 1. The number of halogens is 4. The van der Waals surface area contributed by atoms with Crippen LogP contribution in [0.15, 0.2) is 54.2 Å². The lowest BCUT2D eigenvalue weighted by Gasteiger charge is -2.16. The highest BCUT2D eigenvalue weighted by Gasteiger charge is 2.31. The third-order valence-electron chi connectivity index (χ3n) is 6.00. The van der Waals surface area contributed by atoms with Crippen LogP contribution in [0.2, 0.25) is 0 Å². The van der Waals surface area contributed by atoms with Crippen molar-refractivity contribution in [1.82, 2.24) is 4.98 Å². The molecule has 6 nitrogen and oxygen atoms in total. The molecule has 3 aromatic rings. The summed E-state index contributed by atoms with van der Waals surface area (Å²) < 4.78 is 58.7. The standard InChI is InChI=1S/C28H29F4N3O3S/c1-4-6-18(13-14-38-3)25-23(17-9-11-20(12-10-17)28(30,31)32)34-27(39-25)35-24(26(36)37)22(16(2)33)19-7-5-8-21(29)15-19/h5,7-12,15,18,33H,4,6,13-14H2,1-3H3,(H,34,35)(H,36,37)/b24-22+,33-16?. The molecule has 2 aromatic carbocycles. The quantitative estimate of drug-likeness (QED) is 0.119. The average molecular weight is 564 g/mol. The first kappa shape index (κ1) is 30.0. The van der Waals surface area contributed by atoms with Gasteiger partial charge in [0.05, 0.1) is 11.3 Å². The van der Waals surface area contributed by atoms with Crippen molar-refractivity contribution in [3.05, 3.63) is 76.0 Å². The third-order valence-corrected chi connectivity index (χ3v) is 7.13. The van der Waals surface area contributed by atoms with Crippen LogP contribution < -0.4 is 5.32 Å². The summed E-state index contributed by atoms with van der Waals surface area (Å²) in [4.78, 5) is 17.7. The minimum absolute atomic E-state index is 0.0145. The SMILES string of the molecule is CCCC(CCOC)c1sc(N/C(C(=O)O)=C(\C(C)=N)c2cccc(F)c2)nc1-c1ccc(C(F)(F)F)cc1.